The Hall–Kier alpha value is -1.68. The number of nitrogens with zero attached hydrogens (tertiary/aromatic N) is 1. The van der Waals surface area contributed by atoms with Crippen LogP contribution in [0.3, 0.4) is 0 Å². The van der Waals surface area contributed by atoms with E-state index in [9.17, 15) is 4.79 Å². The van der Waals surface area contributed by atoms with Crippen molar-refractivity contribution < 1.29 is 4.79 Å². The van der Waals surface area contributed by atoms with E-state index in [-0.39, 0.29) is 5.91 Å². The van der Waals surface area contributed by atoms with Gasteiger partial charge in [0.05, 0.1) is 15.2 Å². The second kappa shape index (κ2) is 3.96. The maximum absolute atomic E-state index is 11.2. The number of carbonyl (C=O) groups excluding carboxylic acids is 1. The zero-order valence-electron chi connectivity index (χ0n) is 9.27. The highest BCUT2D eigenvalue weighted by molar-refractivity contribution is 7.18. The second-order valence-electron chi connectivity index (χ2n) is 4.20. The molecule has 1 heterocycles. The first-order valence-corrected chi connectivity index (χ1v) is 6.42. The van der Waals surface area contributed by atoms with Gasteiger partial charge in [-0.2, -0.15) is 0 Å². The molecule has 4 heteroatoms. The molecule has 1 aliphatic carbocycles. The second-order valence-corrected chi connectivity index (χ2v) is 5.26. The number of fused-ring (bicyclic) bond motifs is 1. The van der Waals surface area contributed by atoms with E-state index in [2.05, 4.69) is 16.9 Å². The van der Waals surface area contributed by atoms with Gasteiger partial charge in [0.1, 0.15) is 0 Å². The fourth-order valence-electron chi connectivity index (χ4n) is 1.72. The Bertz CT molecular complexity index is 598. The molecule has 1 fully saturated rings. The van der Waals surface area contributed by atoms with Crippen molar-refractivity contribution in [3.8, 4) is 0 Å². The van der Waals surface area contributed by atoms with Crippen LogP contribution in [0.2, 0.25) is 0 Å². The topological polar surface area (TPSA) is 42.0 Å². The number of nitrogens with one attached hydrogen (secondary N) is 1. The molecule has 1 aliphatic rings. The normalized spacial score (nSPS) is 14.8. The van der Waals surface area contributed by atoms with E-state index >= 15 is 0 Å². The van der Waals surface area contributed by atoms with Crippen molar-refractivity contribution in [3.63, 3.8) is 0 Å². The van der Waals surface area contributed by atoms with Gasteiger partial charge in [-0.25, -0.2) is 4.98 Å². The Kier molecular flexibility index (Phi) is 2.44. The highest BCUT2D eigenvalue weighted by atomic mass is 32.1. The fourth-order valence-corrected chi connectivity index (χ4v) is 2.89. The smallest absolute Gasteiger partial charge is 0.247 e. The quantitative estimate of drug-likeness (QED) is 0.842. The molecule has 0 saturated heterocycles. The van der Waals surface area contributed by atoms with Crippen LogP contribution >= 0.6 is 11.3 Å². The first kappa shape index (κ1) is 10.5. The minimum Gasteiger partial charge on any atom is -0.322 e. The van der Waals surface area contributed by atoms with Crippen molar-refractivity contribution >= 4 is 33.1 Å². The van der Waals surface area contributed by atoms with Crippen molar-refractivity contribution in [2.24, 2.45) is 0 Å². The maximum atomic E-state index is 11.2. The maximum Gasteiger partial charge on any atom is 0.247 e. The molecule has 1 aromatic heterocycles. The summed E-state index contributed by atoms with van der Waals surface area (Å²) >= 11 is 1.73. The summed E-state index contributed by atoms with van der Waals surface area (Å²) in [5.41, 5.74) is 1.82. The number of anilines is 1. The number of hydrogen-bond donors (Lipinski definition) is 1. The molecular weight excluding hydrogens is 232 g/mol. The lowest BCUT2D eigenvalue weighted by Gasteiger charge is -2.00. The Morgan fingerprint density at radius 1 is 1.53 bits per heavy atom. The lowest BCUT2D eigenvalue weighted by Crippen LogP contribution is -2.06. The van der Waals surface area contributed by atoms with E-state index in [1.807, 2.05) is 18.2 Å². The third kappa shape index (κ3) is 2.08. The Morgan fingerprint density at radius 2 is 2.35 bits per heavy atom. The molecule has 0 radical (unpaired) electrons. The monoisotopic (exact) mass is 244 g/mol. The van der Waals surface area contributed by atoms with E-state index < -0.39 is 0 Å². The van der Waals surface area contributed by atoms with Crippen LogP contribution in [0.1, 0.15) is 23.8 Å². The van der Waals surface area contributed by atoms with Gasteiger partial charge in [-0.1, -0.05) is 6.58 Å². The van der Waals surface area contributed by atoms with E-state index in [1.54, 1.807) is 11.3 Å². The predicted octanol–water partition coefficient (Wildman–Crippen LogP) is 3.30. The van der Waals surface area contributed by atoms with Gasteiger partial charge in [-0.3, -0.25) is 4.79 Å². The van der Waals surface area contributed by atoms with Crippen LogP contribution in [0.25, 0.3) is 10.2 Å². The molecule has 1 aromatic carbocycles. The molecule has 0 unspecified atom stereocenters. The van der Waals surface area contributed by atoms with E-state index in [0.717, 1.165) is 15.9 Å². The van der Waals surface area contributed by atoms with Crippen LogP contribution in [0.4, 0.5) is 5.69 Å². The van der Waals surface area contributed by atoms with Gasteiger partial charge in [0.25, 0.3) is 0 Å². The summed E-state index contributed by atoms with van der Waals surface area (Å²) < 4.78 is 1.13. The third-order valence-corrected chi connectivity index (χ3v) is 3.97. The number of rotatable bonds is 3. The van der Waals surface area contributed by atoms with Crippen molar-refractivity contribution in [1.82, 2.24) is 4.98 Å². The summed E-state index contributed by atoms with van der Waals surface area (Å²) in [4.78, 5) is 15.8. The van der Waals surface area contributed by atoms with E-state index in [1.165, 1.54) is 23.9 Å². The molecule has 2 aromatic rings. The third-order valence-electron chi connectivity index (χ3n) is 2.78. The van der Waals surface area contributed by atoms with Gasteiger partial charge in [0.15, 0.2) is 0 Å². The highest BCUT2D eigenvalue weighted by Gasteiger charge is 2.26. The zero-order valence-corrected chi connectivity index (χ0v) is 10.1. The largest absolute Gasteiger partial charge is 0.322 e. The number of amides is 1. The summed E-state index contributed by atoms with van der Waals surface area (Å²) in [7, 11) is 0. The molecule has 1 saturated carbocycles. The van der Waals surface area contributed by atoms with E-state index in [0.29, 0.717) is 5.92 Å². The average Bonchev–Trinajstić information content (AvgIpc) is 3.09. The van der Waals surface area contributed by atoms with Crippen LogP contribution in [0.15, 0.2) is 30.9 Å². The van der Waals surface area contributed by atoms with Crippen molar-refractivity contribution in [3.05, 3.63) is 35.9 Å². The number of hydrogen-bond acceptors (Lipinski definition) is 3. The number of aromatic nitrogens is 1. The minimum atomic E-state index is -0.184. The molecule has 0 aliphatic heterocycles. The van der Waals surface area contributed by atoms with Crippen LogP contribution in [-0.4, -0.2) is 10.9 Å². The fraction of sp³-hybridized carbons (Fsp3) is 0.231. The summed E-state index contributed by atoms with van der Waals surface area (Å²) in [6.45, 7) is 3.43. The zero-order chi connectivity index (χ0) is 11.8. The first-order chi connectivity index (χ1) is 8.26. The highest BCUT2D eigenvalue weighted by Crippen LogP contribution is 2.43. The molecule has 0 bridgehead atoms. The van der Waals surface area contributed by atoms with Crippen LogP contribution in [0.5, 0.6) is 0 Å². The lowest BCUT2D eigenvalue weighted by molar-refractivity contribution is -0.111. The van der Waals surface area contributed by atoms with Gasteiger partial charge in [0.2, 0.25) is 5.91 Å². The summed E-state index contributed by atoms with van der Waals surface area (Å²) in [5.74, 6) is 0.495. The van der Waals surface area contributed by atoms with Crippen LogP contribution in [0, 0.1) is 0 Å². The molecular formula is C13H12N2OS. The molecule has 0 atom stereocenters. The minimum absolute atomic E-state index is 0.184. The van der Waals surface area contributed by atoms with Gasteiger partial charge < -0.3 is 5.32 Å². The SMILES string of the molecule is C=CC(=O)Nc1ccc2nc(C3CC3)sc2c1. The predicted molar refractivity (Wildman–Crippen MR) is 70.4 cm³/mol. The van der Waals surface area contributed by atoms with Crippen molar-refractivity contribution in [2.75, 3.05) is 5.32 Å². The molecule has 17 heavy (non-hydrogen) atoms. The number of benzene rings is 1. The molecule has 1 N–H and O–H groups in total. The first-order valence-electron chi connectivity index (χ1n) is 5.60. The summed E-state index contributed by atoms with van der Waals surface area (Å²) in [5, 5.41) is 3.99. The number of thiazole rings is 1. The van der Waals surface area contributed by atoms with Gasteiger partial charge in [0, 0.05) is 11.6 Å². The van der Waals surface area contributed by atoms with Gasteiger partial charge >= 0.3 is 0 Å². The lowest BCUT2D eigenvalue weighted by atomic mass is 10.3. The Morgan fingerprint density at radius 3 is 3.06 bits per heavy atom. The molecule has 1 amide bonds. The van der Waals surface area contributed by atoms with Gasteiger partial charge in [-0.15, -0.1) is 11.3 Å². The van der Waals surface area contributed by atoms with Crippen LogP contribution in [-0.2, 0) is 4.79 Å². The van der Waals surface area contributed by atoms with Crippen molar-refractivity contribution in [1.29, 1.82) is 0 Å². The standard InChI is InChI=1S/C13H12N2OS/c1-2-12(16)14-9-5-6-10-11(7-9)17-13(15-10)8-3-4-8/h2,5-8H,1,3-4H2,(H,14,16). The summed E-state index contributed by atoms with van der Waals surface area (Å²) in [6, 6.07) is 5.80. The average molecular weight is 244 g/mol. The van der Waals surface area contributed by atoms with Gasteiger partial charge in [-0.05, 0) is 37.1 Å². The molecule has 86 valence electrons. The Labute approximate surface area is 103 Å². The van der Waals surface area contributed by atoms with E-state index in [4.69, 9.17) is 0 Å². The molecule has 3 rings (SSSR count). The number of carbonyl (C=O) groups is 1. The van der Waals surface area contributed by atoms with Crippen molar-refractivity contribution in [2.45, 2.75) is 18.8 Å². The molecule has 3 nitrogen and oxygen atoms in total. The summed E-state index contributed by atoms with van der Waals surface area (Å²) in [6.07, 6.45) is 3.80. The van der Waals surface area contributed by atoms with Crippen LogP contribution < -0.4 is 5.32 Å². The Balaban J connectivity index is 1.94. The molecule has 0 spiro atoms.